The number of aromatic nitrogens is 2. The first-order valence-corrected chi connectivity index (χ1v) is 4.55. The SMILES string of the molecule is C=CC(NCC)c1cc(C)nn1C. The average molecular weight is 179 g/mol. The Balaban J connectivity index is 2.89. The van der Waals surface area contributed by atoms with E-state index in [2.05, 4.69) is 30.0 Å². The Morgan fingerprint density at radius 1 is 1.77 bits per heavy atom. The maximum absolute atomic E-state index is 4.29. The lowest BCUT2D eigenvalue weighted by Gasteiger charge is -2.12. The van der Waals surface area contributed by atoms with Gasteiger partial charge in [0, 0.05) is 7.05 Å². The lowest BCUT2D eigenvalue weighted by Crippen LogP contribution is -2.21. The number of aryl methyl sites for hydroxylation is 2. The van der Waals surface area contributed by atoms with Crippen molar-refractivity contribution in [2.45, 2.75) is 19.9 Å². The van der Waals surface area contributed by atoms with E-state index in [1.807, 2.05) is 24.7 Å². The molecule has 1 N–H and O–H groups in total. The highest BCUT2D eigenvalue weighted by atomic mass is 15.3. The van der Waals surface area contributed by atoms with Gasteiger partial charge in [0.1, 0.15) is 0 Å². The molecule has 0 aliphatic rings. The molecular weight excluding hydrogens is 162 g/mol. The highest BCUT2D eigenvalue weighted by molar-refractivity contribution is 5.16. The average Bonchev–Trinajstić information content (AvgIpc) is 2.41. The number of likely N-dealkylation sites (N-methyl/N-ethyl adjacent to an activating group) is 1. The maximum Gasteiger partial charge on any atom is 0.0675 e. The maximum atomic E-state index is 4.29. The highest BCUT2D eigenvalue weighted by Gasteiger charge is 2.10. The summed E-state index contributed by atoms with van der Waals surface area (Å²) in [6.07, 6.45) is 1.90. The van der Waals surface area contributed by atoms with Gasteiger partial charge in [-0.2, -0.15) is 5.10 Å². The largest absolute Gasteiger partial charge is 0.306 e. The van der Waals surface area contributed by atoms with Gasteiger partial charge in [0.15, 0.2) is 0 Å². The standard InChI is InChI=1S/C10H17N3/c1-5-9(11-6-2)10-7-8(3)12-13(10)4/h5,7,9,11H,1,6H2,2-4H3. The van der Waals surface area contributed by atoms with E-state index in [1.54, 1.807) is 0 Å². The second-order valence-corrected chi connectivity index (χ2v) is 3.11. The predicted octanol–water partition coefficient (Wildman–Crippen LogP) is 1.57. The Morgan fingerprint density at radius 2 is 2.46 bits per heavy atom. The van der Waals surface area contributed by atoms with Gasteiger partial charge in [-0.15, -0.1) is 6.58 Å². The van der Waals surface area contributed by atoms with E-state index in [-0.39, 0.29) is 6.04 Å². The van der Waals surface area contributed by atoms with Crippen LogP contribution in [0, 0.1) is 6.92 Å². The van der Waals surface area contributed by atoms with Crippen LogP contribution in [0.15, 0.2) is 18.7 Å². The summed E-state index contributed by atoms with van der Waals surface area (Å²) >= 11 is 0. The van der Waals surface area contributed by atoms with Gasteiger partial charge in [0.25, 0.3) is 0 Å². The second kappa shape index (κ2) is 4.23. The van der Waals surface area contributed by atoms with Gasteiger partial charge in [-0.05, 0) is 19.5 Å². The van der Waals surface area contributed by atoms with E-state index < -0.39 is 0 Å². The fourth-order valence-electron chi connectivity index (χ4n) is 1.45. The minimum atomic E-state index is 0.205. The van der Waals surface area contributed by atoms with Crippen molar-refractivity contribution in [3.63, 3.8) is 0 Å². The number of hydrogen-bond acceptors (Lipinski definition) is 2. The van der Waals surface area contributed by atoms with Crippen LogP contribution >= 0.6 is 0 Å². The zero-order valence-electron chi connectivity index (χ0n) is 8.54. The normalized spacial score (nSPS) is 12.8. The summed E-state index contributed by atoms with van der Waals surface area (Å²) in [6.45, 7) is 8.81. The van der Waals surface area contributed by atoms with Crippen molar-refractivity contribution >= 4 is 0 Å². The van der Waals surface area contributed by atoms with Gasteiger partial charge in [-0.25, -0.2) is 0 Å². The third-order valence-corrected chi connectivity index (χ3v) is 2.02. The van der Waals surface area contributed by atoms with Gasteiger partial charge in [0.2, 0.25) is 0 Å². The summed E-state index contributed by atoms with van der Waals surface area (Å²) in [5.74, 6) is 0. The summed E-state index contributed by atoms with van der Waals surface area (Å²) in [4.78, 5) is 0. The Kier molecular flexibility index (Phi) is 3.25. The van der Waals surface area contributed by atoms with Gasteiger partial charge >= 0.3 is 0 Å². The van der Waals surface area contributed by atoms with Crippen molar-refractivity contribution in [1.29, 1.82) is 0 Å². The van der Waals surface area contributed by atoms with Gasteiger partial charge in [-0.1, -0.05) is 13.0 Å². The molecular formula is C10H17N3. The summed E-state index contributed by atoms with van der Waals surface area (Å²) < 4.78 is 1.89. The van der Waals surface area contributed by atoms with Gasteiger partial charge < -0.3 is 5.32 Å². The summed E-state index contributed by atoms with van der Waals surface area (Å²) in [6, 6.07) is 2.28. The minimum absolute atomic E-state index is 0.205. The lowest BCUT2D eigenvalue weighted by atomic mass is 10.2. The highest BCUT2D eigenvalue weighted by Crippen LogP contribution is 2.13. The predicted molar refractivity (Wildman–Crippen MR) is 54.6 cm³/mol. The van der Waals surface area contributed by atoms with Gasteiger partial charge in [-0.3, -0.25) is 4.68 Å². The third-order valence-electron chi connectivity index (χ3n) is 2.02. The minimum Gasteiger partial charge on any atom is -0.306 e. The van der Waals surface area contributed by atoms with Crippen LogP contribution in [0.5, 0.6) is 0 Å². The van der Waals surface area contributed by atoms with Crippen molar-refractivity contribution < 1.29 is 0 Å². The molecule has 0 saturated carbocycles. The molecule has 0 amide bonds. The Morgan fingerprint density at radius 3 is 2.85 bits per heavy atom. The molecule has 3 heteroatoms. The molecule has 1 heterocycles. The molecule has 0 saturated heterocycles. The van der Waals surface area contributed by atoms with Crippen LogP contribution in [0.1, 0.15) is 24.4 Å². The molecule has 72 valence electrons. The van der Waals surface area contributed by atoms with Crippen molar-refractivity contribution in [1.82, 2.24) is 15.1 Å². The lowest BCUT2D eigenvalue weighted by molar-refractivity contribution is 0.585. The summed E-state index contributed by atoms with van der Waals surface area (Å²) in [5, 5.41) is 7.61. The van der Waals surface area contributed by atoms with Crippen LogP contribution in [0.2, 0.25) is 0 Å². The van der Waals surface area contributed by atoms with Crippen molar-refractivity contribution in [3.8, 4) is 0 Å². The molecule has 0 aliphatic heterocycles. The van der Waals surface area contributed by atoms with Crippen LogP contribution in [-0.4, -0.2) is 16.3 Å². The first kappa shape index (κ1) is 9.99. The molecule has 0 aliphatic carbocycles. The van der Waals surface area contributed by atoms with Crippen LogP contribution in [-0.2, 0) is 7.05 Å². The Hall–Kier alpha value is -1.09. The smallest absolute Gasteiger partial charge is 0.0675 e. The molecule has 13 heavy (non-hydrogen) atoms. The van der Waals surface area contributed by atoms with Crippen molar-refractivity contribution in [2.24, 2.45) is 7.05 Å². The first-order valence-electron chi connectivity index (χ1n) is 4.55. The van der Waals surface area contributed by atoms with E-state index in [0.717, 1.165) is 17.9 Å². The Bertz CT molecular complexity index is 288. The van der Waals surface area contributed by atoms with E-state index >= 15 is 0 Å². The number of nitrogens with one attached hydrogen (secondary N) is 1. The molecule has 3 nitrogen and oxygen atoms in total. The third kappa shape index (κ3) is 2.18. The molecule has 0 bridgehead atoms. The number of rotatable bonds is 4. The second-order valence-electron chi connectivity index (χ2n) is 3.11. The molecule has 1 unspecified atom stereocenters. The van der Waals surface area contributed by atoms with Crippen LogP contribution in [0.3, 0.4) is 0 Å². The van der Waals surface area contributed by atoms with Crippen LogP contribution < -0.4 is 5.32 Å². The van der Waals surface area contributed by atoms with E-state index in [1.165, 1.54) is 0 Å². The quantitative estimate of drug-likeness (QED) is 0.711. The van der Waals surface area contributed by atoms with E-state index in [9.17, 15) is 0 Å². The van der Waals surface area contributed by atoms with Crippen molar-refractivity contribution in [3.05, 3.63) is 30.1 Å². The molecule has 1 rings (SSSR count). The molecule has 1 aromatic heterocycles. The van der Waals surface area contributed by atoms with E-state index in [0.29, 0.717) is 0 Å². The monoisotopic (exact) mass is 179 g/mol. The Labute approximate surface area is 79.5 Å². The summed E-state index contributed by atoms with van der Waals surface area (Å²) in [5.41, 5.74) is 2.21. The topological polar surface area (TPSA) is 29.9 Å². The molecule has 0 radical (unpaired) electrons. The fourth-order valence-corrected chi connectivity index (χ4v) is 1.45. The molecule has 1 aromatic rings. The summed E-state index contributed by atoms with van der Waals surface area (Å²) in [7, 11) is 1.95. The number of nitrogens with zero attached hydrogens (tertiary/aromatic N) is 2. The zero-order valence-corrected chi connectivity index (χ0v) is 8.54. The van der Waals surface area contributed by atoms with Crippen molar-refractivity contribution in [2.75, 3.05) is 6.54 Å². The van der Waals surface area contributed by atoms with Crippen LogP contribution in [0.25, 0.3) is 0 Å². The molecule has 1 atom stereocenters. The zero-order chi connectivity index (χ0) is 9.84. The molecule has 0 aromatic carbocycles. The van der Waals surface area contributed by atoms with E-state index in [4.69, 9.17) is 0 Å². The van der Waals surface area contributed by atoms with Crippen LogP contribution in [0.4, 0.5) is 0 Å². The fraction of sp³-hybridized carbons (Fsp3) is 0.500. The number of hydrogen-bond donors (Lipinski definition) is 1. The van der Waals surface area contributed by atoms with Gasteiger partial charge in [0.05, 0.1) is 17.4 Å². The first-order chi connectivity index (χ1) is 6.19. The molecule has 0 fully saturated rings. The molecule has 0 spiro atoms.